The van der Waals surface area contributed by atoms with Gasteiger partial charge in [-0.25, -0.2) is 4.79 Å². The number of hydrogen-bond acceptors (Lipinski definition) is 6. The van der Waals surface area contributed by atoms with Crippen molar-refractivity contribution in [2.75, 3.05) is 6.61 Å². The zero-order valence-electron chi connectivity index (χ0n) is 13.4. The van der Waals surface area contributed by atoms with Crippen molar-refractivity contribution in [3.8, 4) is 5.75 Å². The quantitative estimate of drug-likeness (QED) is 0.482. The summed E-state index contributed by atoms with van der Waals surface area (Å²) in [5, 5.41) is 13.2. The molecule has 132 valence electrons. The number of phenolic OH excluding ortho intramolecular Hbond substituents is 1. The van der Waals surface area contributed by atoms with E-state index in [2.05, 4.69) is 10.9 Å². The number of nitrogens with one attached hydrogen (secondary N) is 2. The van der Waals surface area contributed by atoms with Crippen LogP contribution in [0.1, 0.15) is 20.0 Å². The molecule has 0 aliphatic rings. The van der Waals surface area contributed by atoms with Gasteiger partial charge in [0.2, 0.25) is 0 Å². The maximum absolute atomic E-state index is 12.1. The Hall–Kier alpha value is -3.39. The van der Waals surface area contributed by atoms with E-state index in [-0.39, 0.29) is 11.3 Å². The number of carbonyl (C=O) groups is 3. The Morgan fingerprint density at radius 3 is 2.42 bits per heavy atom. The highest BCUT2D eigenvalue weighted by Crippen LogP contribution is 2.25. The van der Waals surface area contributed by atoms with Gasteiger partial charge < -0.3 is 9.84 Å². The summed E-state index contributed by atoms with van der Waals surface area (Å²) >= 11 is 1.22. The molecule has 0 spiro atoms. The highest BCUT2D eigenvalue weighted by atomic mass is 32.1. The molecule has 0 radical (unpaired) electrons. The number of fused-ring (bicyclic) bond motifs is 1. The van der Waals surface area contributed by atoms with Crippen LogP contribution in [0.5, 0.6) is 5.75 Å². The number of ether oxygens (including phenoxy) is 1. The topological polar surface area (TPSA) is 105 Å². The molecule has 0 saturated carbocycles. The van der Waals surface area contributed by atoms with Gasteiger partial charge in [-0.15, -0.1) is 11.3 Å². The van der Waals surface area contributed by atoms with Crippen LogP contribution in [0.2, 0.25) is 0 Å². The third-order valence-electron chi connectivity index (χ3n) is 3.48. The lowest BCUT2D eigenvalue weighted by molar-refractivity contribution is -0.125. The summed E-state index contributed by atoms with van der Waals surface area (Å²) < 4.78 is 4.88. The number of carbonyl (C=O) groups excluding carboxylic acids is 3. The summed E-state index contributed by atoms with van der Waals surface area (Å²) in [6.45, 7) is -0.601. The van der Waals surface area contributed by atoms with E-state index in [9.17, 15) is 19.5 Å². The lowest BCUT2D eigenvalue weighted by Crippen LogP contribution is -2.43. The minimum Gasteiger partial charge on any atom is -0.507 e. The number of esters is 1. The van der Waals surface area contributed by atoms with Crippen molar-refractivity contribution in [3.63, 3.8) is 0 Å². The van der Waals surface area contributed by atoms with Crippen molar-refractivity contribution in [2.45, 2.75) is 0 Å². The molecule has 0 saturated heterocycles. The molecule has 0 aliphatic heterocycles. The van der Waals surface area contributed by atoms with Gasteiger partial charge in [-0.2, -0.15) is 0 Å². The van der Waals surface area contributed by atoms with Gasteiger partial charge in [0.05, 0.1) is 4.88 Å². The third-order valence-corrected chi connectivity index (χ3v) is 4.35. The molecule has 1 heterocycles. The first-order valence-corrected chi connectivity index (χ1v) is 8.44. The molecule has 3 rings (SSSR count). The normalized spacial score (nSPS) is 10.3. The number of hydrogen-bond donors (Lipinski definition) is 3. The summed E-state index contributed by atoms with van der Waals surface area (Å²) in [5.41, 5.74) is 4.32. The molecule has 8 heteroatoms. The molecule has 26 heavy (non-hydrogen) atoms. The molecular weight excluding hydrogens is 356 g/mol. The van der Waals surface area contributed by atoms with E-state index in [1.54, 1.807) is 35.7 Å². The average Bonchev–Trinajstić information content (AvgIpc) is 3.18. The minimum absolute atomic E-state index is 0.0425. The van der Waals surface area contributed by atoms with E-state index in [4.69, 9.17) is 4.74 Å². The first kappa shape index (κ1) is 17.4. The zero-order valence-corrected chi connectivity index (χ0v) is 14.2. The van der Waals surface area contributed by atoms with Gasteiger partial charge in [-0.05, 0) is 34.4 Å². The lowest BCUT2D eigenvalue weighted by atomic mass is 10.1. The second kappa shape index (κ2) is 7.66. The maximum atomic E-state index is 12.1. The van der Waals surface area contributed by atoms with Crippen LogP contribution in [0.4, 0.5) is 0 Å². The van der Waals surface area contributed by atoms with Crippen LogP contribution in [0.25, 0.3) is 10.8 Å². The molecule has 1 aromatic heterocycles. The molecule has 0 unspecified atom stereocenters. The van der Waals surface area contributed by atoms with E-state index >= 15 is 0 Å². The fraction of sp³-hybridized carbons (Fsp3) is 0.0556. The molecule has 0 atom stereocenters. The lowest BCUT2D eigenvalue weighted by Gasteiger charge is -2.09. The van der Waals surface area contributed by atoms with Crippen LogP contribution in [-0.4, -0.2) is 29.5 Å². The van der Waals surface area contributed by atoms with Gasteiger partial charge in [-0.3, -0.25) is 20.4 Å². The Morgan fingerprint density at radius 2 is 1.73 bits per heavy atom. The number of benzene rings is 2. The predicted molar refractivity (Wildman–Crippen MR) is 95.8 cm³/mol. The number of thiophene rings is 1. The molecule has 0 bridgehead atoms. The Labute approximate surface area is 152 Å². The van der Waals surface area contributed by atoms with Gasteiger partial charge in [0.15, 0.2) is 6.61 Å². The number of hydrazine groups is 1. The van der Waals surface area contributed by atoms with Gasteiger partial charge in [0, 0.05) is 0 Å². The summed E-state index contributed by atoms with van der Waals surface area (Å²) in [6.07, 6.45) is 0. The molecule has 7 nitrogen and oxygen atoms in total. The standard InChI is InChI=1S/C18H14N2O5S/c21-14-9-12-5-2-1-4-11(12)8-13(14)18(24)25-10-16(22)19-20-17(23)15-6-3-7-26-15/h1-9,21H,10H2,(H,19,22)(H,20,23). The number of rotatable bonds is 4. The Kier molecular flexibility index (Phi) is 5.14. The smallest absolute Gasteiger partial charge is 0.342 e. The molecular formula is C18H14N2O5S. The third kappa shape index (κ3) is 3.98. The Bertz CT molecular complexity index is 969. The first-order chi connectivity index (χ1) is 12.5. The van der Waals surface area contributed by atoms with Crippen LogP contribution in [-0.2, 0) is 9.53 Å². The fourth-order valence-electron chi connectivity index (χ4n) is 2.23. The van der Waals surface area contributed by atoms with Crippen LogP contribution in [0, 0.1) is 0 Å². The predicted octanol–water partition coefficient (Wildman–Crippen LogP) is 2.22. The molecule has 2 aromatic carbocycles. The van der Waals surface area contributed by atoms with Crippen LogP contribution in [0.3, 0.4) is 0 Å². The Morgan fingerprint density at radius 1 is 1.00 bits per heavy atom. The van der Waals surface area contributed by atoms with Gasteiger partial charge >= 0.3 is 5.97 Å². The monoisotopic (exact) mass is 370 g/mol. The van der Waals surface area contributed by atoms with Crippen LogP contribution in [0.15, 0.2) is 53.9 Å². The summed E-state index contributed by atoms with van der Waals surface area (Å²) in [4.78, 5) is 35.9. The Balaban J connectivity index is 1.56. The highest BCUT2D eigenvalue weighted by Gasteiger charge is 2.16. The van der Waals surface area contributed by atoms with Crippen molar-refractivity contribution < 1.29 is 24.2 Å². The summed E-state index contributed by atoms with van der Waals surface area (Å²) in [6, 6.07) is 13.5. The second-order valence-corrected chi connectivity index (χ2v) is 6.22. The average molecular weight is 370 g/mol. The SMILES string of the molecule is O=C(COC(=O)c1cc2ccccc2cc1O)NNC(=O)c1cccs1. The molecule has 3 aromatic rings. The van der Waals surface area contributed by atoms with Crippen molar-refractivity contribution in [2.24, 2.45) is 0 Å². The maximum Gasteiger partial charge on any atom is 0.342 e. The van der Waals surface area contributed by atoms with Crippen LogP contribution < -0.4 is 10.9 Å². The van der Waals surface area contributed by atoms with Gasteiger partial charge in [0.1, 0.15) is 11.3 Å². The van der Waals surface area contributed by atoms with E-state index in [1.807, 2.05) is 6.07 Å². The van der Waals surface area contributed by atoms with Crippen molar-refractivity contribution in [1.82, 2.24) is 10.9 Å². The van der Waals surface area contributed by atoms with Crippen molar-refractivity contribution in [1.29, 1.82) is 0 Å². The molecule has 0 fully saturated rings. The van der Waals surface area contributed by atoms with Crippen molar-refractivity contribution in [3.05, 3.63) is 64.4 Å². The minimum atomic E-state index is -0.840. The summed E-state index contributed by atoms with van der Waals surface area (Å²) in [5.74, 6) is -2.25. The van der Waals surface area contributed by atoms with Gasteiger partial charge in [0.25, 0.3) is 11.8 Å². The number of aromatic hydroxyl groups is 1. The highest BCUT2D eigenvalue weighted by molar-refractivity contribution is 7.12. The molecule has 2 amide bonds. The molecule has 0 aliphatic carbocycles. The van der Waals surface area contributed by atoms with Crippen LogP contribution >= 0.6 is 11.3 Å². The van der Waals surface area contributed by atoms with E-state index in [0.717, 1.165) is 10.8 Å². The second-order valence-electron chi connectivity index (χ2n) is 5.27. The summed E-state index contributed by atoms with van der Waals surface area (Å²) in [7, 11) is 0. The number of amides is 2. The molecule has 3 N–H and O–H groups in total. The van der Waals surface area contributed by atoms with Gasteiger partial charge in [-0.1, -0.05) is 30.3 Å². The first-order valence-electron chi connectivity index (χ1n) is 7.56. The fourth-order valence-corrected chi connectivity index (χ4v) is 2.85. The van der Waals surface area contributed by atoms with E-state index in [0.29, 0.717) is 4.88 Å². The number of phenols is 1. The van der Waals surface area contributed by atoms with E-state index in [1.165, 1.54) is 23.5 Å². The zero-order chi connectivity index (χ0) is 18.5. The van der Waals surface area contributed by atoms with E-state index < -0.39 is 24.4 Å². The largest absolute Gasteiger partial charge is 0.507 e. The van der Waals surface area contributed by atoms with Crippen molar-refractivity contribution >= 4 is 39.9 Å².